The number of rotatable bonds is 7. The highest BCUT2D eigenvalue weighted by molar-refractivity contribution is 9.09. The molecule has 0 saturated heterocycles. The van der Waals surface area contributed by atoms with Crippen LogP contribution in [0.15, 0.2) is 12.4 Å². The van der Waals surface area contributed by atoms with Gasteiger partial charge in [0.05, 0.1) is 12.6 Å². The van der Waals surface area contributed by atoms with Gasteiger partial charge >= 0.3 is 5.95 Å². The van der Waals surface area contributed by atoms with Gasteiger partial charge in [0, 0.05) is 18.4 Å². The maximum atomic E-state index is 10.5. The highest BCUT2D eigenvalue weighted by Gasteiger charge is 2.16. The molecule has 0 spiro atoms. The molecule has 0 unspecified atom stereocenters. The van der Waals surface area contributed by atoms with Crippen LogP contribution in [0.1, 0.15) is 0 Å². The van der Waals surface area contributed by atoms with E-state index in [2.05, 4.69) is 26.2 Å². The maximum absolute atomic E-state index is 10.5. The summed E-state index contributed by atoms with van der Waals surface area (Å²) in [6.07, 6.45) is 2.15. The average molecular weight is 374 g/mol. The number of aromatic nitrogens is 2. The van der Waals surface area contributed by atoms with E-state index in [0.29, 0.717) is 6.54 Å². The van der Waals surface area contributed by atoms with Gasteiger partial charge in [0.25, 0.3) is 0 Å². The Balaban J connectivity index is 0.00000256. The smallest absolute Gasteiger partial charge is 0.390 e. The Hall–Kier alpha value is -0.510. The van der Waals surface area contributed by atoms with E-state index in [0.717, 1.165) is 11.9 Å². The number of imidazole rings is 1. The highest BCUT2D eigenvalue weighted by atomic mass is 79.9. The normalized spacial score (nSPS) is 11.9. The Morgan fingerprint density at radius 3 is 3.00 bits per heavy atom. The van der Waals surface area contributed by atoms with Crippen LogP contribution in [0.5, 0.6) is 0 Å². The molecule has 0 aliphatic heterocycles. The van der Waals surface area contributed by atoms with Gasteiger partial charge in [0.15, 0.2) is 0 Å². The van der Waals surface area contributed by atoms with Crippen molar-refractivity contribution >= 4 is 38.9 Å². The number of nitrogens with one attached hydrogen (secondary N) is 1. The minimum atomic E-state index is -0.674. The van der Waals surface area contributed by atoms with E-state index in [9.17, 15) is 15.2 Å². The molecule has 0 aromatic carbocycles. The number of hydrogen-bond donors (Lipinski definition) is 2. The van der Waals surface area contributed by atoms with Gasteiger partial charge in [0.1, 0.15) is 12.4 Å². The molecule has 17 heavy (non-hydrogen) atoms. The van der Waals surface area contributed by atoms with Crippen LogP contribution in [0.25, 0.3) is 0 Å². The molecule has 1 aromatic rings. The summed E-state index contributed by atoms with van der Waals surface area (Å²) in [6, 6.07) is 0. The van der Waals surface area contributed by atoms with Crippen molar-refractivity contribution in [1.29, 1.82) is 0 Å². The lowest BCUT2D eigenvalue weighted by Gasteiger charge is -2.10. The fraction of sp³-hybridized carbons (Fsp3) is 0.625. The molecule has 1 atom stereocenters. The van der Waals surface area contributed by atoms with Crippen LogP contribution in [-0.2, 0) is 6.54 Å². The van der Waals surface area contributed by atoms with Gasteiger partial charge in [0.2, 0.25) is 0 Å². The largest absolute Gasteiger partial charge is 0.434 e. The van der Waals surface area contributed by atoms with E-state index in [1.807, 2.05) is 0 Å². The first-order valence-electron chi connectivity index (χ1n) is 4.75. The number of aliphatic hydroxyl groups is 1. The van der Waals surface area contributed by atoms with Gasteiger partial charge < -0.3 is 20.5 Å². The number of hydrogen-bond acceptors (Lipinski definition) is 5. The van der Waals surface area contributed by atoms with Crippen molar-refractivity contribution in [2.75, 3.05) is 18.4 Å². The first-order valence-corrected chi connectivity index (χ1v) is 5.87. The van der Waals surface area contributed by atoms with Crippen molar-refractivity contribution in [3.05, 3.63) is 22.5 Å². The van der Waals surface area contributed by atoms with Gasteiger partial charge in [-0.3, -0.25) is 0 Å². The molecule has 0 radical (unpaired) electrons. The lowest BCUT2D eigenvalue weighted by molar-refractivity contribution is -0.397. The molecular formula is C8H14Br2N4O3. The SMILES string of the molecule is Br.O=[N+]([O-])c1nccn1C[C@@H](O)CNCCBr. The number of aliphatic hydroxyl groups excluding tert-OH is 1. The summed E-state index contributed by atoms with van der Waals surface area (Å²) in [4.78, 5) is 13.6. The average Bonchev–Trinajstić information content (AvgIpc) is 2.66. The van der Waals surface area contributed by atoms with Gasteiger partial charge in [-0.05, 0) is 4.92 Å². The van der Waals surface area contributed by atoms with Crippen LogP contribution in [0.3, 0.4) is 0 Å². The van der Waals surface area contributed by atoms with Gasteiger partial charge in [-0.1, -0.05) is 20.9 Å². The Bertz CT molecular complexity index is 347. The molecule has 98 valence electrons. The zero-order valence-electron chi connectivity index (χ0n) is 8.95. The van der Waals surface area contributed by atoms with Crippen LogP contribution in [0.2, 0.25) is 0 Å². The van der Waals surface area contributed by atoms with E-state index < -0.39 is 11.0 Å². The lowest BCUT2D eigenvalue weighted by Crippen LogP contribution is -2.31. The van der Waals surface area contributed by atoms with Crippen LogP contribution in [0, 0.1) is 10.1 Å². The molecule has 1 aromatic heterocycles. The van der Waals surface area contributed by atoms with Crippen molar-refractivity contribution < 1.29 is 10.0 Å². The van der Waals surface area contributed by atoms with E-state index in [4.69, 9.17) is 0 Å². The van der Waals surface area contributed by atoms with Gasteiger partial charge in [-0.2, -0.15) is 0 Å². The molecule has 2 N–H and O–H groups in total. The van der Waals surface area contributed by atoms with Crippen LogP contribution < -0.4 is 5.32 Å². The number of nitrogens with zero attached hydrogens (tertiary/aromatic N) is 3. The van der Waals surface area contributed by atoms with E-state index in [1.165, 1.54) is 17.0 Å². The summed E-state index contributed by atoms with van der Waals surface area (Å²) in [7, 11) is 0. The van der Waals surface area contributed by atoms with Gasteiger partial charge in [-0.15, -0.1) is 17.0 Å². The molecule has 0 aliphatic carbocycles. The van der Waals surface area contributed by atoms with E-state index in [1.54, 1.807) is 0 Å². The van der Waals surface area contributed by atoms with Crippen LogP contribution in [-0.4, -0.2) is 44.1 Å². The van der Waals surface area contributed by atoms with Gasteiger partial charge in [-0.25, -0.2) is 4.57 Å². The van der Waals surface area contributed by atoms with Crippen LogP contribution >= 0.6 is 32.9 Å². The quantitative estimate of drug-likeness (QED) is 0.318. The topological polar surface area (TPSA) is 93.2 Å². The zero-order valence-corrected chi connectivity index (χ0v) is 12.3. The second kappa shape index (κ2) is 8.56. The third-order valence-electron chi connectivity index (χ3n) is 1.92. The van der Waals surface area contributed by atoms with Crippen molar-refractivity contribution in [3.63, 3.8) is 0 Å². The van der Waals surface area contributed by atoms with E-state index in [-0.39, 0.29) is 29.5 Å². The minimum absolute atomic E-state index is 0. The molecular weight excluding hydrogens is 360 g/mol. The third-order valence-corrected chi connectivity index (χ3v) is 2.31. The Kier molecular flexibility index (Phi) is 8.30. The monoisotopic (exact) mass is 372 g/mol. The molecule has 0 bridgehead atoms. The Morgan fingerprint density at radius 2 is 2.41 bits per heavy atom. The molecule has 0 amide bonds. The molecule has 1 heterocycles. The Morgan fingerprint density at radius 1 is 1.71 bits per heavy atom. The second-order valence-electron chi connectivity index (χ2n) is 3.18. The predicted octanol–water partition coefficient (Wildman–Crippen LogP) is 0.715. The fourth-order valence-corrected chi connectivity index (χ4v) is 1.52. The number of nitro groups is 1. The highest BCUT2D eigenvalue weighted by Crippen LogP contribution is 2.07. The summed E-state index contributed by atoms with van der Waals surface area (Å²) in [6.45, 7) is 1.29. The fourth-order valence-electron chi connectivity index (χ4n) is 1.24. The Labute approximate surface area is 117 Å². The molecule has 0 fully saturated rings. The summed E-state index contributed by atoms with van der Waals surface area (Å²) in [5.74, 6) is -0.250. The lowest BCUT2D eigenvalue weighted by atomic mass is 10.3. The third kappa shape index (κ3) is 5.57. The first-order chi connectivity index (χ1) is 7.65. The summed E-state index contributed by atoms with van der Waals surface area (Å²) < 4.78 is 1.32. The maximum Gasteiger partial charge on any atom is 0.434 e. The summed E-state index contributed by atoms with van der Waals surface area (Å²) >= 11 is 3.24. The summed E-state index contributed by atoms with van der Waals surface area (Å²) in [5.41, 5.74) is 0. The van der Waals surface area contributed by atoms with Crippen molar-refractivity contribution in [2.45, 2.75) is 12.6 Å². The number of halogens is 2. The van der Waals surface area contributed by atoms with Crippen molar-refractivity contribution in [3.8, 4) is 0 Å². The zero-order chi connectivity index (χ0) is 12.0. The molecule has 1 rings (SSSR count). The second-order valence-corrected chi connectivity index (χ2v) is 3.98. The van der Waals surface area contributed by atoms with Crippen molar-refractivity contribution in [1.82, 2.24) is 14.9 Å². The van der Waals surface area contributed by atoms with E-state index >= 15 is 0 Å². The standard InChI is InChI=1S/C8H13BrN4O3.BrH/c9-1-2-10-5-7(14)6-12-4-3-11-8(12)13(15)16;/h3-4,7,10,14H,1-2,5-6H2;1H/t7-;/m0./s1. The first kappa shape index (κ1) is 16.5. The molecule has 0 saturated carbocycles. The van der Waals surface area contributed by atoms with Crippen molar-refractivity contribution in [2.24, 2.45) is 0 Å². The summed E-state index contributed by atoms with van der Waals surface area (Å²) in [5, 5.41) is 23.9. The number of alkyl halides is 1. The molecule has 7 nitrogen and oxygen atoms in total. The minimum Gasteiger partial charge on any atom is -0.390 e. The van der Waals surface area contributed by atoms with Crippen LogP contribution in [0.4, 0.5) is 5.95 Å². The molecule has 9 heteroatoms. The predicted molar refractivity (Wildman–Crippen MR) is 71.9 cm³/mol. The molecule has 0 aliphatic rings.